The number of rotatable bonds is 2. The van der Waals surface area contributed by atoms with Gasteiger partial charge >= 0.3 is 0 Å². The fourth-order valence-electron chi connectivity index (χ4n) is 0.973. The van der Waals surface area contributed by atoms with Crippen molar-refractivity contribution in [3.05, 3.63) is 48.2 Å². The van der Waals surface area contributed by atoms with E-state index >= 15 is 0 Å². The monoisotopic (exact) mass is 145 g/mol. The SMILES string of the molecule is C=CC1=C(N=C)CC=CC=C1. The Balaban J connectivity index is 3.02. The number of nitrogens with zero attached hydrogens (tertiary/aromatic N) is 1. The normalized spacial score (nSPS) is 16.4. The molecule has 0 aliphatic heterocycles. The van der Waals surface area contributed by atoms with Crippen LogP contribution in [-0.4, -0.2) is 6.72 Å². The zero-order valence-electron chi connectivity index (χ0n) is 6.46. The predicted octanol–water partition coefficient (Wildman–Crippen LogP) is 2.64. The molecule has 1 rings (SSSR count). The number of hydrogen-bond donors (Lipinski definition) is 0. The molecule has 0 amide bonds. The number of hydrogen-bond acceptors (Lipinski definition) is 1. The molecule has 0 N–H and O–H groups in total. The van der Waals surface area contributed by atoms with Gasteiger partial charge in [0.25, 0.3) is 0 Å². The van der Waals surface area contributed by atoms with E-state index in [1.165, 1.54) is 0 Å². The molecule has 0 radical (unpaired) electrons. The summed E-state index contributed by atoms with van der Waals surface area (Å²) < 4.78 is 0. The molecule has 0 saturated heterocycles. The lowest BCUT2D eigenvalue weighted by atomic mass is 10.2. The van der Waals surface area contributed by atoms with E-state index in [0.29, 0.717) is 0 Å². The summed E-state index contributed by atoms with van der Waals surface area (Å²) in [5.41, 5.74) is 2.05. The van der Waals surface area contributed by atoms with E-state index in [1.807, 2.05) is 18.2 Å². The molecular formula is C10H11N. The van der Waals surface area contributed by atoms with Gasteiger partial charge in [-0.3, -0.25) is 4.99 Å². The second-order valence-electron chi connectivity index (χ2n) is 2.26. The average molecular weight is 145 g/mol. The van der Waals surface area contributed by atoms with Crippen LogP contribution in [0.1, 0.15) is 6.42 Å². The fourth-order valence-corrected chi connectivity index (χ4v) is 0.973. The topological polar surface area (TPSA) is 12.4 Å². The fraction of sp³-hybridized carbons (Fsp3) is 0.100. The third-order valence-corrected chi connectivity index (χ3v) is 1.58. The van der Waals surface area contributed by atoms with Crippen molar-refractivity contribution in [1.29, 1.82) is 0 Å². The molecule has 0 aromatic rings. The Morgan fingerprint density at radius 3 is 2.91 bits per heavy atom. The van der Waals surface area contributed by atoms with Crippen LogP contribution in [-0.2, 0) is 0 Å². The minimum absolute atomic E-state index is 0.845. The highest BCUT2D eigenvalue weighted by atomic mass is 14.7. The lowest BCUT2D eigenvalue weighted by molar-refractivity contribution is 1.16. The average Bonchev–Trinajstić information content (AvgIpc) is 2.27. The van der Waals surface area contributed by atoms with Crippen LogP contribution in [0.3, 0.4) is 0 Å². The summed E-state index contributed by atoms with van der Waals surface area (Å²) in [6.45, 7) is 7.20. The van der Waals surface area contributed by atoms with E-state index in [4.69, 9.17) is 0 Å². The predicted molar refractivity (Wildman–Crippen MR) is 49.7 cm³/mol. The van der Waals surface area contributed by atoms with Crippen molar-refractivity contribution in [3.8, 4) is 0 Å². The highest BCUT2D eigenvalue weighted by Crippen LogP contribution is 2.15. The Morgan fingerprint density at radius 1 is 1.45 bits per heavy atom. The Morgan fingerprint density at radius 2 is 2.27 bits per heavy atom. The van der Waals surface area contributed by atoms with Crippen molar-refractivity contribution in [2.24, 2.45) is 4.99 Å². The molecule has 1 nitrogen and oxygen atoms in total. The smallest absolute Gasteiger partial charge is 0.0506 e. The summed E-state index contributed by atoms with van der Waals surface area (Å²) in [5, 5.41) is 0. The number of allylic oxidation sites excluding steroid dienone is 6. The minimum atomic E-state index is 0.845. The lowest BCUT2D eigenvalue weighted by Crippen LogP contribution is -1.80. The minimum Gasteiger partial charge on any atom is -0.268 e. The summed E-state index contributed by atoms with van der Waals surface area (Å²) in [4.78, 5) is 3.92. The first-order valence-electron chi connectivity index (χ1n) is 3.54. The number of aliphatic imine (C=N–C) groups is 1. The molecule has 0 aromatic heterocycles. The van der Waals surface area contributed by atoms with E-state index in [-0.39, 0.29) is 0 Å². The van der Waals surface area contributed by atoms with Crippen LogP contribution in [0.5, 0.6) is 0 Å². The first-order valence-corrected chi connectivity index (χ1v) is 3.54. The van der Waals surface area contributed by atoms with Gasteiger partial charge < -0.3 is 0 Å². The molecule has 0 spiro atoms. The van der Waals surface area contributed by atoms with E-state index in [0.717, 1.165) is 17.7 Å². The van der Waals surface area contributed by atoms with Gasteiger partial charge in [0, 0.05) is 6.42 Å². The Kier molecular flexibility index (Phi) is 2.61. The first kappa shape index (κ1) is 7.73. The Hall–Kier alpha value is -1.37. The zero-order valence-corrected chi connectivity index (χ0v) is 6.46. The first-order chi connectivity index (χ1) is 5.38. The van der Waals surface area contributed by atoms with Crippen molar-refractivity contribution in [2.45, 2.75) is 6.42 Å². The molecule has 0 heterocycles. The molecule has 1 aliphatic rings. The van der Waals surface area contributed by atoms with Gasteiger partial charge in [0.15, 0.2) is 0 Å². The van der Waals surface area contributed by atoms with Gasteiger partial charge in [-0.25, -0.2) is 0 Å². The standard InChI is InChI=1S/C10H11N/c1-3-9-7-5-4-6-8-10(9)11-2/h3-7H,1-2,8H2. The van der Waals surface area contributed by atoms with Gasteiger partial charge in [-0.2, -0.15) is 0 Å². The van der Waals surface area contributed by atoms with Crippen molar-refractivity contribution in [1.82, 2.24) is 0 Å². The Bertz CT molecular complexity index is 254. The highest BCUT2D eigenvalue weighted by molar-refractivity contribution is 5.42. The van der Waals surface area contributed by atoms with Gasteiger partial charge in [-0.05, 0) is 12.3 Å². The molecule has 0 atom stereocenters. The van der Waals surface area contributed by atoms with Crippen molar-refractivity contribution < 1.29 is 0 Å². The van der Waals surface area contributed by atoms with E-state index in [2.05, 4.69) is 24.4 Å². The molecule has 0 unspecified atom stereocenters. The largest absolute Gasteiger partial charge is 0.268 e. The van der Waals surface area contributed by atoms with E-state index in [1.54, 1.807) is 6.08 Å². The second kappa shape index (κ2) is 3.71. The van der Waals surface area contributed by atoms with Crippen molar-refractivity contribution in [2.75, 3.05) is 0 Å². The van der Waals surface area contributed by atoms with Crippen LogP contribution < -0.4 is 0 Å². The summed E-state index contributed by atoms with van der Waals surface area (Å²) >= 11 is 0. The molecule has 0 bridgehead atoms. The molecule has 1 aliphatic carbocycles. The molecule has 56 valence electrons. The van der Waals surface area contributed by atoms with Gasteiger partial charge in [0.1, 0.15) is 0 Å². The highest BCUT2D eigenvalue weighted by Gasteiger charge is 1.97. The van der Waals surface area contributed by atoms with Gasteiger partial charge in [-0.15, -0.1) is 0 Å². The van der Waals surface area contributed by atoms with Gasteiger partial charge in [0.05, 0.1) is 5.70 Å². The molecule has 0 saturated carbocycles. The van der Waals surface area contributed by atoms with Crippen LogP contribution in [0.4, 0.5) is 0 Å². The van der Waals surface area contributed by atoms with Crippen molar-refractivity contribution >= 4 is 6.72 Å². The summed E-state index contributed by atoms with van der Waals surface area (Å²) in [5.74, 6) is 0. The van der Waals surface area contributed by atoms with Crippen LogP contribution >= 0.6 is 0 Å². The summed E-state index contributed by atoms with van der Waals surface area (Å²) in [6, 6.07) is 0. The second-order valence-corrected chi connectivity index (χ2v) is 2.26. The third kappa shape index (κ3) is 1.77. The lowest BCUT2D eigenvalue weighted by Gasteiger charge is -1.98. The molecule has 0 aromatic carbocycles. The van der Waals surface area contributed by atoms with Gasteiger partial charge in [0.2, 0.25) is 0 Å². The van der Waals surface area contributed by atoms with E-state index < -0.39 is 0 Å². The zero-order chi connectivity index (χ0) is 8.10. The molecule has 1 heteroatoms. The summed E-state index contributed by atoms with van der Waals surface area (Å²) in [6.07, 6.45) is 10.7. The third-order valence-electron chi connectivity index (χ3n) is 1.58. The van der Waals surface area contributed by atoms with Crippen LogP contribution in [0, 0.1) is 0 Å². The molecule has 0 fully saturated rings. The quantitative estimate of drug-likeness (QED) is 0.530. The van der Waals surface area contributed by atoms with Crippen molar-refractivity contribution in [3.63, 3.8) is 0 Å². The summed E-state index contributed by atoms with van der Waals surface area (Å²) in [7, 11) is 0. The molecular weight excluding hydrogens is 134 g/mol. The maximum absolute atomic E-state index is 3.92. The van der Waals surface area contributed by atoms with Crippen LogP contribution in [0.2, 0.25) is 0 Å². The van der Waals surface area contributed by atoms with Crippen LogP contribution in [0.15, 0.2) is 53.2 Å². The van der Waals surface area contributed by atoms with Crippen LogP contribution in [0.25, 0.3) is 0 Å². The maximum Gasteiger partial charge on any atom is 0.0506 e. The Labute approximate surface area is 67.2 Å². The van der Waals surface area contributed by atoms with E-state index in [9.17, 15) is 0 Å². The van der Waals surface area contributed by atoms with Gasteiger partial charge in [-0.1, -0.05) is 37.0 Å². The molecule has 11 heavy (non-hydrogen) atoms. The maximum atomic E-state index is 3.92.